The monoisotopic (exact) mass is 258 g/mol. The molecule has 0 radical (unpaired) electrons. The van der Waals surface area contributed by atoms with Crippen LogP contribution in [0.5, 0.6) is 0 Å². The normalized spacial score (nSPS) is 18.3. The Hall–Kier alpha value is -1.97. The molecular weight excluding hydrogens is 240 g/mol. The predicted octanol–water partition coefficient (Wildman–Crippen LogP) is 1.84. The van der Waals surface area contributed by atoms with Crippen LogP contribution in [0.4, 0.5) is 0 Å². The van der Waals surface area contributed by atoms with Gasteiger partial charge in [0.25, 0.3) is 5.91 Å². The maximum Gasteiger partial charge on any atom is 0.267 e. The molecule has 2 amide bonds. The molecule has 4 nitrogen and oxygen atoms in total. The second-order valence-corrected chi connectivity index (χ2v) is 4.73. The molecule has 0 aromatic heterocycles. The molecule has 4 heteroatoms. The molecule has 1 aliphatic rings. The molecule has 100 valence electrons. The molecule has 1 heterocycles. The summed E-state index contributed by atoms with van der Waals surface area (Å²) >= 11 is 0. The summed E-state index contributed by atoms with van der Waals surface area (Å²) in [6.07, 6.45) is 2.71. The third-order valence-corrected chi connectivity index (χ3v) is 3.48. The molecule has 19 heavy (non-hydrogen) atoms. The standard InChI is InChI=1S/C15H18N2O2/c1-16-15(19)13-8-5-11-17(13)14(18)10-9-12-6-3-2-4-7-12/h2-4,6-7,13H,1,5,8-11H2/t13-/m0/s1. The van der Waals surface area contributed by atoms with E-state index in [1.165, 1.54) is 0 Å². The predicted molar refractivity (Wildman–Crippen MR) is 74.1 cm³/mol. The fourth-order valence-corrected chi connectivity index (χ4v) is 2.47. The summed E-state index contributed by atoms with van der Waals surface area (Å²) in [5.41, 5.74) is 1.14. The Balaban J connectivity index is 1.92. The number of hydrogen-bond acceptors (Lipinski definition) is 2. The Bertz CT molecular complexity index is 470. The largest absolute Gasteiger partial charge is 0.331 e. The van der Waals surface area contributed by atoms with E-state index < -0.39 is 0 Å². The van der Waals surface area contributed by atoms with E-state index in [1.54, 1.807) is 4.90 Å². The highest BCUT2D eigenvalue weighted by molar-refractivity contribution is 5.90. The van der Waals surface area contributed by atoms with Gasteiger partial charge in [0.15, 0.2) is 0 Å². The number of rotatable bonds is 4. The summed E-state index contributed by atoms with van der Waals surface area (Å²) in [7, 11) is 0. The SMILES string of the molecule is C=NC(=O)[C@@H]1CCCN1C(=O)CCc1ccccc1. The van der Waals surface area contributed by atoms with Crippen LogP contribution in [0.25, 0.3) is 0 Å². The molecular formula is C15H18N2O2. The summed E-state index contributed by atoms with van der Waals surface area (Å²) < 4.78 is 0. The van der Waals surface area contributed by atoms with Gasteiger partial charge in [0, 0.05) is 13.0 Å². The summed E-state index contributed by atoms with van der Waals surface area (Å²) in [5.74, 6) is -0.256. The summed E-state index contributed by atoms with van der Waals surface area (Å²) in [6.45, 7) is 3.91. The Morgan fingerprint density at radius 3 is 2.74 bits per heavy atom. The maximum absolute atomic E-state index is 12.2. The van der Waals surface area contributed by atoms with Crippen molar-refractivity contribution in [1.29, 1.82) is 0 Å². The minimum Gasteiger partial charge on any atom is -0.331 e. The van der Waals surface area contributed by atoms with Gasteiger partial charge in [0.1, 0.15) is 6.04 Å². The average molecular weight is 258 g/mol. The average Bonchev–Trinajstić information content (AvgIpc) is 2.94. The zero-order valence-corrected chi connectivity index (χ0v) is 10.9. The third-order valence-electron chi connectivity index (χ3n) is 3.48. The van der Waals surface area contributed by atoms with Crippen molar-refractivity contribution in [2.75, 3.05) is 6.54 Å². The van der Waals surface area contributed by atoms with Crippen LogP contribution in [-0.4, -0.2) is 36.0 Å². The molecule has 1 atom stereocenters. The first-order chi connectivity index (χ1) is 9.22. The van der Waals surface area contributed by atoms with Crippen LogP contribution in [0.1, 0.15) is 24.8 Å². The lowest BCUT2D eigenvalue weighted by Gasteiger charge is -2.22. The summed E-state index contributed by atoms with van der Waals surface area (Å²) in [6, 6.07) is 9.50. The van der Waals surface area contributed by atoms with Crippen LogP contribution in [-0.2, 0) is 16.0 Å². The van der Waals surface area contributed by atoms with E-state index in [0.29, 0.717) is 25.8 Å². The van der Waals surface area contributed by atoms with Gasteiger partial charge in [-0.3, -0.25) is 9.59 Å². The van der Waals surface area contributed by atoms with E-state index in [4.69, 9.17) is 0 Å². The molecule has 0 unspecified atom stereocenters. The number of likely N-dealkylation sites (tertiary alicyclic amines) is 1. The van der Waals surface area contributed by atoms with Crippen molar-refractivity contribution in [1.82, 2.24) is 4.90 Å². The van der Waals surface area contributed by atoms with E-state index in [1.807, 2.05) is 30.3 Å². The van der Waals surface area contributed by atoms with Crippen LogP contribution in [0.3, 0.4) is 0 Å². The van der Waals surface area contributed by atoms with Crippen molar-refractivity contribution in [2.24, 2.45) is 4.99 Å². The van der Waals surface area contributed by atoms with E-state index in [9.17, 15) is 9.59 Å². The molecule has 1 aliphatic heterocycles. The quantitative estimate of drug-likeness (QED) is 0.774. The number of nitrogens with zero attached hydrogens (tertiary/aromatic N) is 2. The van der Waals surface area contributed by atoms with Gasteiger partial charge in [0.2, 0.25) is 5.91 Å². The van der Waals surface area contributed by atoms with Crippen LogP contribution in [0.2, 0.25) is 0 Å². The molecule has 1 aromatic carbocycles. The minimum absolute atomic E-state index is 0.0309. The highest BCUT2D eigenvalue weighted by atomic mass is 16.2. The number of aliphatic imine (C=N–C) groups is 1. The Morgan fingerprint density at radius 1 is 1.32 bits per heavy atom. The van der Waals surface area contributed by atoms with Crippen LogP contribution in [0, 0.1) is 0 Å². The van der Waals surface area contributed by atoms with Crippen molar-refractivity contribution in [3.63, 3.8) is 0 Å². The van der Waals surface area contributed by atoms with Gasteiger partial charge in [-0.15, -0.1) is 0 Å². The summed E-state index contributed by atoms with van der Waals surface area (Å²) in [4.78, 5) is 28.8. The number of benzene rings is 1. The van der Waals surface area contributed by atoms with Crippen LogP contribution in [0.15, 0.2) is 35.3 Å². The topological polar surface area (TPSA) is 49.7 Å². The van der Waals surface area contributed by atoms with Crippen molar-refractivity contribution in [2.45, 2.75) is 31.7 Å². The van der Waals surface area contributed by atoms with Gasteiger partial charge < -0.3 is 4.90 Å². The first-order valence-electron chi connectivity index (χ1n) is 6.56. The van der Waals surface area contributed by atoms with Gasteiger partial charge in [0.05, 0.1) is 0 Å². The van der Waals surface area contributed by atoms with Crippen molar-refractivity contribution >= 4 is 18.5 Å². The minimum atomic E-state index is -0.388. The van der Waals surface area contributed by atoms with Gasteiger partial charge in [-0.05, 0) is 31.5 Å². The van der Waals surface area contributed by atoms with Crippen molar-refractivity contribution < 1.29 is 9.59 Å². The van der Waals surface area contributed by atoms with E-state index in [2.05, 4.69) is 11.7 Å². The Kier molecular flexibility index (Phi) is 4.44. The lowest BCUT2D eigenvalue weighted by Crippen LogP contribution is -2.39. The Morgan fingerprint density at radius 2 is 2.05 bits per heavy atom. The van der Waals surface area contributed by atoms with E-state index >= 15 is 0 Å². The van der Waals surface area contributed by atoms with Crippen LogP contribution >= 0.6 is 0 Å². The van der Waals surface area contributed by atoms with Gasteiger partial charge in [-0.25, -0.2) is 4.99 Å². The summed E-state index contributed by atoms with van der Waals surface area (Å²) in [5, 5.41) is 0. The van der Waals surface area contributed by atoms with Gasteiger partial charge in [-0.2, -0.15) is 0 Å². The molecule has 0 bridgehead atoms. The van der Waals surface area contributed by atoms with Gasteiger partial charge >= 0.3 is 0 Å². The lowest BCUT2D eigenvalue weighted by molar-refractivity contribution is -0.137. The van der Waals surface area contributed by atoms with Crippen molar-refractivity contribution in [3.05, 3.63) is 35.9 Å². The Labute approximate surface area is 113 Å². The first kappa shape index (κ1) is 13.5. The molecule has 1 saturated heterocycles. The van der Waals surface area contributed by atoms with Gasteiger partial charge in [-0.1, -0.05) is 30.3 Å². The van der Waals surface area contributed by atoms with E-state index in [-0.39, 0.29) is 17.9 Å². The number of hydrogen-bond donors (Lipinski definition) is 0. The van der Waals surface area contributed by atoms with E-state index in [0.717, 1.165) is 12.0 Å². The second kappa shape index (κ2) is 6.27. The number of amides is 2. The highest BCUT2D eigenvalue weighted by Gasteiger charge is 2.33. The second-order valence-electron chi connectivity index (χ2n) is 4.73. The number of carbonyl (C=O) groups excluding carboxylic acids is 2. The highest BCUT2D eigenvalue weighted by Crippen LogP contribution is 2.20. The fraction of sp³-hybridized carbons (Fsp3) is 0.400. The maximum atomic E-state index is 12.2. The third kappa shape index (κ3) is 3.28. The fourth-order valence-electron chi connectivity index (χ4n) is 2.47. The molecule has 0 saturated carbocycles. The molecule has 0 aliphatic carbocycles. The smallest absolute Gasteiger partial charge is 0.267 e. The molecule has 2 rings (SSSR count). The zero-order chi connectivity index (χ0) is 13.7. The van der Waals surface area contributed by atoms with Crippen molar-refractivity contribution in [3.8, 4) is 0 Å². The molecule has 0 spiro atoms. The molecule has 0 N–H and O–H groups in total. The number of aryl methyl sites for hydroxylation is 1. The molecule has 1 fully saturated rings. The zero-order valence-electron chi connectivity index (χ0n) is 10.9. The number of carbonyl (C=O) groups is 2. The molecule has 1 aromatic rings. The first-order valence-corrected chi connectivity index (χ1v) is 6.56. The lowest BCUT2D eigenvalue weighted by atomic mass is 10.1. The van der Waals surface area contributed by atoms with Crippen LogP contribution < -0.4 is 0 Å².